The summed E-state index contributed by atoms with van der Waals surface area (Å²) in [5, 5.41) is 0. The monoisotopic (exact) mass is 331 g/mol. The Kier molecular flexibility index (Phi) is 6.19. The molecule has 1 aromatic rings. The van der Waals surface area contributed by atoms with E-state index < -0.39 is 15.9 Å². The Labute approximate surface area is 128 Å². The van der Waals surface area contributed by atoms with Gasteiger partial charge in [0.05, 0.1) is 10.6 Å². The van der Waals surface area contributed by atoms with Gasteiger partial charge < -0.3 is 0 Å². The van der Waals surface area contributed by atoms with Crippen LogP contribution in [0.25, 0.3) is 0 Å². The van der Waals surface area contributed by atoms with Crippen LogP contribution >= 0.6 is 11.8 Å². The number of thioether (sulfide) groups is 1. The van der Waals surface area contributed by atoms with Crippen LogP contribution in [0.1, 0.15) is 10.4 Å². The van der Waals surface area contributed by atoms with Gasteiger partial charge in [0, 0.05) is 19.7 Å². The normalized spacial score (nSPS) is 11.2. The largest absolute Gasteiger partial charge is 0.272 e. The Morgan fingerprint density at radius 2 is 1.90 bits per heavy atom. The molecule has 116 valence electrons. The predicted molar refractivity (Wildman–Crippen MR) is 81.3 cm³/mol. The van der Waals surface area contributed by atoms with Crippen molar-refractivity contribution in [1.82, 2.24) is 15.2 Å². The van der Waals surface area contributed by atoms with E-state index in [1.54, 1.807) is 6.26 Å². The van der Waals surface area contributed by atoms with Crippen LogP contribution in [0.4, 0.5) is 0 Å². The van der Waals surface area contributed by atoms with Gasteiger partial charge in [0.25, 0.3) is 5.91 Å². The van der Waals surface area contributed by atoms with Crippen LogP contribution in [0.15, 0.2) is 29.2 Å². The summed E-state index contributed by atoms with van der Waals surface area (Å²) in [6.07, 6.45) is 1.76. The molecule has 0 unspecified atom stereocenters. The van der Waals surface area contributed by atoms with E-state index in [1.165, 1.54) is 50.1 Å². The van der Waals surface area contributed by atoms with Gasteiger partial charge in [-0.15, -0.1) is 0 Å². The fraction of sp³-hybridized carbons (Fsp3) is 0.333. The fourth-order valence-corrected chi connectivity index (χ4v) is 2.66. The molecule has 0 aromatic heterocycles. The number of nitrogens with one attached hydrogen (secondary N) is 2. The number of hydrazine groups is 1. The first-order chi connectivity index (χ1) is 9.78. The molecule has 1 rings (SSSR count). The maximum absolute atomic E-state index is 12.0. The number of hydrogen-bond donors (Lipinski definition) is 2. The van der Waals surface area contributed by atoms with Gasteiger partial charge in [0.1, 0.15) is 0 Å². The highest BCUT2D eigenvalue weighted by Gasteiger charge is 2.18. The highest BCUT2D eigenvalue weighted by molar-refractivity contribution is 7.99. The van der Waals surface area contributed by atoms with Gasteiger partial charge in [0.15, 0.2) is 0 Å². The molecule has 0 radical (unpaired) electrons. The molecule has 0 heterocycles. The molecule has 2 N–H and O–H groups in total. The number of benzene rings is 1. The van der Waals surface area contributed by atoms with E-state index in [0.717, 1.165) is 4.31 Å². The third-order valence-electron chi connectivity index (χ3n) is 2.47. The van der Waals surface area contributed by atoms with Gasteiger partial charge in [-0.25, -0.2) is 12.7 Å². The number of nitrogens with zero attached hydrogens (tertiary/aromatic N) is 1. The quantitative estimate of drug-likeness (QED) is 0.744. The van der Waals surface area contributed by atoms with E-state index in [4.69, 9.17) is 0 Å². The molecule has 0 aliphatic carbocycles. The van der Waals surface area contributed by atoms with Crippen molar-refractivity contribution in [3.63, 3.8) is 0 Å². The van der Waals surface area contributed by atoms with E-state index in [-0.39, 0.29) is 22.1 Å². The first-order valence-corrected chi connectivity index (χ1v) is 8.73. The lowest BCUT2D eigenvalue weighted by molar-refractivity contribution is -0.119. The second-order valence-corrected chi connectivity index (χ2v) is 7.27. The number of sulfonamides is 1. The Hall–Kier alpha value is -1.58. The van der Waals surface area contributed by atoms with Crippen molar-refractivity contribution in [2.24, 2.45) is 0 Å². The summed E-state index contributed by atoms with van der Waals surface area (Å²) in [5.74, 6) is -0.705. The molecule has 7 nitrogen and oxygen atoms in total. The fourth-order valence-electron chi connectivity index (χ4n) is 1.37. The van der Waals surface area contributed by atoms with Crippen molar-refractivity contribution >= 4 is 33.6 Å². The molecular formula is C12H17N3O4S2. The molecule has 21 heavy (non-hydrogen) atoms. The Morgan fingerprint density at radius 1 is 1.24 bits per heavy atom. The van der Waals surface area contributed by atoms with Crippen LogP contribution in [0.3, 0.4) is 0 Å². The van der Waals surface area contributed by atoms with Crippen molar-refractivity contribution < 1.29 is 18.0 Å². The summed E-state index contributed by atoms with van der Waals surface area (Å²) < 4.78 is 25.0. The maximum Gasteiger partial charge on any atom is 0.269 e. The smallest absolute Gasteiger partial charge is 0.269 e. The summed E-state index contributed by atoms with van der Waals surface area (Å²) >= 11 is 1.32. The molecule has 1 aromatic carbocycles. The second kappa shape index (κ2) is 7.43. The summed E-state index contributed by atoms with van der Waals surface area (Å²) in [6.45, 7) is 0. The minimum absolute atomic E-state index is 0.00981. The molecule has 0 bridgehead atoms. The van der Waals surface area contributed by atoms with Crippen LogP contribution in [-0.4, -0.2) is 50.6 Å². The standard InChI is InChI=1S/C12H17N3O4S2/c1-15(2)21(18,19)10-6-4-5-9(7-10)12(17)14-13-11(16)8-20-3/h4-7H,8H2,1-3H3,(H,13,16)(H,14,17). The van der Waals surface area contributed by atoms with E-state index >= 15 is 0 Å². The van der Waals surface area contributed by atoms with Crippen LogP contribution in [0.5, 0.6) is 0 Å². The molecule has 0 fully saturated rings. The first-order valence-electron chi connectivity index (χ1n) is 5.89. The lowest BCUT2D eigenvalue weighted by atomic mass is 10.2. The summed E-state index contributed by atoms with van der Waals surface area (Å²) in [4.78, 5) is 23.1. The Balaban J connectivity index is 2.86. The SMILES string of the molecule is CSCC(=O)NNC(=O)c1cccc(S(=O)(=O)N(C)C)c1. The summed E-state index contributed by atoms with van der Waals surface area (Å²) in [5.41, 5.74) is 4.62. The van der Waals surface area contributed by atoms with Crippen LogP contribution in [0.2, 0.25) is 0 Å². The van der Waals surface area contributed by atoms with Crippen molar-refractivity contribution in [1.29, 1.82) is 0 Å². The minimum Gasteiger partial charge on any atom is -0.272 e. The lowest BCUT2D eigenvalue weighted by Crippen LogP contribution is -2.42. The van der Waals surface area contributed by atoms with E-state index in [1.807, 2.05) is 0 Å². The third-order valence-corrected chi connectivity index (χ3v) is 4.83. The third kappa shape index (κ3) is 4.73. The molecule has 9 heteroatoms. The van der Waals surface area contributed by atoms with Gasteiger partial charge in [-0.3, -0.25) is 20.4 Å². The van der Waals surface area contributed by atoms with Crippen LogP contribution in [0, 0.1) is 0 Å². The van der Waals surface area contributed by atoms with Crippen molar-refractivity contribution in [2.75, 3.05) is 26.1 Å². The number of hydrogen-bond acceptors (Lipinski definition) is 5. The van der Waals surface area contributed by atoms with Gasteiger partial charge >= 0.3 is 0 Å². The molecule has 0 spiro atoms. The molecule has 0 atom stereocenters. The van der Waals surface area contributed by atoms with E-state index in [2.05, 4.69) is 10.9 Å². The number of carbonyl (C=O) groups is 2. The van der Waals surface area contributed by atoms with Crippen molar-refractivity contribution in [3.05, 3.63) is 29.8 Å². The van der Waals surface area contributed by atoms with E-state index in [9.17, 15) is 18.0 Å². The predicted octanol–water partition coefficient (Wildman–Crippen LogP) is 0.0609. The van der Waals surface area contributed by atoms with Crippen molar-refractivity contribution in [3.8, 4) is 0 Å². The maximum atomic E-state index is 12.0. The number of carbonyl (C=O) groups excluding carboxylic acids is 2. The topological polar surface area (TPSA) is 95.6 Å². The summed E-state index contributed by atoms with van der Waals surface area (Å²) in [7, 11) is -0.795. The summed E-state index contributed by atoms with van der Waals surface area (Å²) in [6, 6.07) is 5.59. The lowest BCUT2D eigenvalue weighted by Gasteiger charge is -2.12. The zero-order chi connectivity index (χ0) is 16.0. The first kappa shape index (κ1) is 17.5. The minimum atomic E-state index is -3.61. The number of rotatable bonds is 5. The van der Waals surface area contributed by atoms with Gasteiger partial charge in [-0.2, -0.15) is 11.8 Å². The van der Waals surface area contributed by atoms with Crippen molar-refractivity contribution in [2.45, 2.75) is 4.90 Å². The van der Waals surface area contributed by atoms with Gasteiger partial charge in [0.2, 0.25) is 15.9 Å². The molecule has 0 aliphatic heterocycles. The zero-order valence-corrected chi connectivity index (χ0v) is 13.5. The highest BCUT2D eigenvalue weighted by Crippen LogP contribution is 2.14. The highest BCUT2D eigenvalue weighted by atomic mass is 32.2. The van der Waals surface area contributed by atoms with Gasteiger partial charge in [-0.05, 0) is 24.5 Å². The Bertz CT molecular complexity index is 629. The van der Waals surface area contributed by atoms with Crippen LogP contribution < -0.4 is 10.9 Å². The molecule has 0 aliphatic rings. The Morgan fingerprint density at radius 3 is 2.48 bits per heavy atom. The van der Waals surface area contributed by atoms with Crippen LogP contribution in [-0.2, 0) is 14.8 Å². The molecule has 0 saturated carbocycles. The second-order valence-electron chi connectivity index (χ2n) is 4.25. The zero-order valence-electron chi connectivity index (χ0n) is 11.9. The number of amides is 2. The molecule has 2 amide bonds. The van der Waals surface area contributed by atoms with Gasteiger partial charge in [-0.1, -0.05) is 6.07 Å². The molecular weight excluding hydrogens is 314 g/mol. The average molecular weight is 331 g/mol. The van der Waals surface area contributed by atoms with E-state index in [0.29, 0.717) is 0 Å². The average Bonchev–Trinajstić information content (AvgIpc) is 2.45. The molecule has 0 saturated heterocycles.